The molecule has 0 N–H and O–H groups in total. The Morgan fingerprint density at radius 2 is 0.930 bits per heavy atom. The van der Waals surface area contributed by atoms with Crippen LogP contribution in [0.5, 0.6) is 0 Å². The first-order valence-corrected chi connectivity index (χ1v) is 14.0. The van der Waals surface area contributed by atoms with E-state index >= 15 is 0 Å². The van der Waals surface area contributed by atoms with Crippen LogP contribution in [0.3, 0.4) is 0 Å². The molecule has 0 saturated carbocycles. The van der Waals surface area contributed by atoms with Crippen molar-refractivity contribution >= 4 is 54.3 Å². The van der Waals surface area contributed by atoms with Gasteiger partial charge >= 0.3 is 0 Å². The van der Waals surface area contributed by atoms with E-state index in [-0.39, 0.29) is 28.8 Å². The topological polar surface area (TPSA) is 13.1 Å². The number of hydrogen-bond acceptors (Lipinski definition) is 1. The molecule has 0 fully saturated rings. The fraction of sp³-hybridized carbons (Fsp3) is 0. The standard InChI is InChI=1S/C42H26O/c1-2-10-27(11-3-1)28-18-20-30(21-19-28)40-34-14-6-8-16-36(34)41(37-17-9-7-15-35(37)40)31-23-24-33-38-25-22-29-12-4-5-13-32(29)42(38)43-39(33)26-31/h1-26H/i1D,2D,3D,10D,11D,18D,19D,20D,21D. The molecule has 0 saturated heterocycles. The Hall–Kier alpha value is -5.66. The van der Waals surface area contributed by atoms with Gasteiger partial charge in [0, 0.05) is 16.2 Å². The van der Waals surface area contributed by atoms with Gasteiger partial charge in [0.05, 0.1) is 12.3 Å². The molecular formula is C42H26O. The number of fused-ring (bicyclic) bond motifs is 7. The lowest BCUT2D eigenvalue weighted by Crippen LogP contribution is -1.91. The second-order valence-electron chi connectivity index (χ2n) is 10.6. The first-order chi connectivity index (χ1) is 25.1. The van der Waals surface area contributed by atoms with E-state index in [1.807, 2.05) is 66.7 Å². The summed E-state index contributed by atoms with van der Waals surface area (Å²) in [7, 11) is 0. The fourth-order valence-corrected chi connectivity index (χ4v) is 6.31. The minimum Gasteiger partial charge on any atom is -0.455 e. The van der Waals surface area contributed by atoms with Crippen LogP contribution in [0.2, 0.25) is 0 Å². The van der Waals surface area contributed by atoms with Gasteiger partial charge in [0.2, 0.25) is 0 Å². The molecule has 0 atom stereocenters. The van der Waals surface area contributed by atoms with Gasteiger partial charge in [0.15, 0.2) is 0 Å². The summed E-state index contributed by atoms with van der Waals surface area (Å²) in [5.74, 6) is 0. The molecule has 1 heterocycles. The van der Waals surface area contributed by atoms with Gasteiger partial charge in [-0.1, -0.05) is 139 Å². The van der Waals surface area contributed by atoms with E-state index in [2.05, 4.69) is 36.4 Å². The van der Waals surface area contributed by atoms with E-state index < -0.39 is 42.3 Å². The van der Waals surface area contributed by atoms with Gasteiger partial charge in [-0.25, -0.2) is 0 Å². The Morgan fingerprint density at radius 1 is 0.395 bits per heavy atom. The van der Waals surface area contributed by atoms with Crippen molar-refractivity contribution in [3.8, 4) is 33.4 Å². The van der Waals surface area contributed by atoms with Crippen LogP contribution in [0.15, 0.2) is 162 Å². The third kappa shape index (κ3) is 3.72. The summed E-state index contributed by atoms with van der Waals surface area (Å²) in [6.07, 6.45) is 0. The lowest BCUT2D eigenvalue weighted by atomic mass is 9.85. The molecule has 8 aromatic carbocycles. The SMILES string of the molecule is [2H]c1c([2H])c([2H])c(-c2c([2H])c([2H])c(-c3c4ccccc4c(-c4ccc5c(c4)oc4c6ccccc6ccc54)c4ccccc34)c([2H])c2[2H])c([2H])c1[2H]. The van der Waals surface area contributed by atoms with Gasteiger partial charge in [-0.05, 0) is 78.5 Å². The Kier molecular flexibility index (Phi) is 3.67. The van der Waals surface area contributed by atoms with Crippen molar-refractivity contribution in [3.05, 3.63) is 158 Å². The van der Waals surface area contributed by atoms with Crippen molar-refractivity contribution < 1.29 is 16.8 Å². The van der Waals surface area contributed by atoms with Crippen LogP contribution in [0.1, 0.15) is 12.3 Å². The molecule has 9 rings (SSSR count). The van der Waals surface area contributed by atoms with Gasteiger partial charge < -0.3 is 4.42 Å². The van der Waals surface area contributed by atoms with Crippen molar-refractivity contribution in [1.82, 2.24) is 0 Å². The minimum atomic E-state index is -0.612. The third-order valence-electron chi connectivity index (χ3n) is 8.21. The van der Waals surface area contributed by atoms with Gasteiger partial charge in [0.1, 0.15) is 11.2 Å². The van der Waals surface area contributed by atoms with Crippen LogP contribution in [0.25, 0.3) is 87.6 Å². The maximum atomic E-state index is 9.26. The molecule has 0 unspecified atom stereocenters. The van der Waals surface area contributed by atoms with Crippen LogP contribution < -0.4 is 0 Å². The van der Waals surface area contributed by atoms with Crippen LogP contribution in [0.4, 0.5) is 0 Å². The molecule has 1 heteroatoms. The number of rotatable bonds is 3. The molecule has 43 heavy (non-hydrogen) atoms. The summed E-state index contributed by atoms with van der Waals surface area (Å²) < 4.78 is 84.5. The summed E-state index contributed by atoms with van der Waals surface area (Å²) in [5, 5.41) is 7.25. The lowest BCUT2D eigenvalue weighted by molar-refractivity contribution is 0.673. The highest BCUT2D eigenvalue weighted by Crippen LogP contribution is 2.45. The van der Waals surface area contributed by atoms with Crippen molar-refractivity contribution in [2.75, 3.05) is 0 Å². The molecule has 9 aromatic rings. The minimum absolute atomic E-state index is 0.0599. The van der Waals surface area contributed by atoms with E-state index in [9.17, 15) is 2.74 Å². The van der Waals surface area contributed by atoms with Gasteiger partial charge in [-0.2, -0.15) is 0 Å². The highest BCUT2D eigenvalue weighted by Gasteiger charge is 2.18. The van der Waals surface area contributed by atoms with Crippen LogP contribution in [-0.4, -0.2) is 0 Å². The summed E-state index contributed by atoms with van der Waals surface area (Å²) >= 11 is 0. The van der Waals surface area contributed by atoms with Crippen molar-refractivity contribution in [1.29, 1.82) is 0 Å². The second kappa shape index (κ2) is 9.44. The zero-order chi connectivity index (χ0) is 36.2. The number of hydrogen-bond donors (Lipinski definition) is 0. The zero-order valence-corrected chi connectivity index (χ0v) is 22.7. The molecule has 1 aromatic heterocycles. The quantitative estimate of drug-likeness (QED) is 0.198. The molecule has 0 aliphatic heterocycles. The van der Waals surface area contributed by atoms with E-state index in [4.69, 9.17) is 14.0 Å². The summed E-state index contributed by atoms with van der Waals surface area (Å²) in [5.41, 5.74) is 3.26. The van der Waals surface area contributed by atoms with Gasteiger partial charge in [-0.15, -0.1) is 0 Å². The Morgan fingerprint density at radius 3 is 1.60 bits per heavy atom. The van der Waals surface area contributed by atoms with E-state index in [0.717, 1.165) is 54.6 Å². The third-order valence-corrected chi connectivity index (χ3v) is 8.21. The molecule has 0 radical (unpaired) electrons. The first kappa shape index (κ1) is 16.7. The Bertz CT molecular complexity index is 2900. The lowest BCUT2D eigenvalue weighted by Gasteiger charge is -2.18. The molecule has 200 valence electrons. The number of benzene rings is 8. The van der Waals surface area contributed by atoms with Gasteiger partial charge in [-0.3, -0.25) is 0 Å². The van der Waals surface area contributed by atoms with Crippen LogP contribution in [-0.2, 0) is 0 Å². The molecule has 0 spiro atoms. The average Bonchev–Trinajstić information content (AvgIpc) is 3.55. The summed E-state index contributed by atoms with van der Waals surface area (Å²) in [4.78, 5) is 0. The average molecular weight is 556 g/mol. The maximum absolute atomic E-state index is 9.26. The molecule has 0 aliphatic carbocycles. The normalized spacial score (nSPS) is 14.7. The second-order valence-corrected chi connectivity index (χ2v) is 10.6. The summed E-state index contributed by atoms with van der Waals surface area (Å²) in [6, 6.07) is 29.1. The van der Waals surface area contributed by atoms with E-state index in [0.29, 0.717) is 16.3 Å². The maximum Gasteiger partial charge on any atom is 0.143 e. The Balaban J connectivity index is 1.33. The van der Waals surface area contributed by atoms with Gasteiger partial charge in [0.25, 0.3) is 0 Å². The number of furan rings is 1. The predicted molar refractivity (Wildman–Crippen MR) is 183 cm³/mol. The van der Waals surface area contributed by atoms with E-state index in [1.165, 1.54) is 0 Å². The Labute approximate surface area is 261 Å². The predicted octanol–water partition coefficient (Wildman–Crippen LogP) is 12.0. The molecular weight excluding hydrogens is 520 g/mol. The van der Waals surface area contributed by atoms with Crippen LogP contribution in [0, 0.1) is 0 Å². The van der Waals surface area contributed by atoms with Crippen molar-refractivity contribution in [3.63, 3.8) is 0 Å². The zero-order valence-electron chi connectivity index (χ0n) is 31.7. The monoisotopic (exact) mass is 555 g/mol. The molecule has 1 nitrogen and oxygen atoms in total. The fourth-order valence-electron chi connectivity index (χ4n) is 6.31. The first-order valence-electron chi connectivity index (χ1n) is 18.5. The molecule has 0 aliphatic rings. The van der Waals surface area contributed by atoms with E-state index in [1.54, 1.807) is 0 Å². The molecule has 0 amide bonds. The van der Waals surface area contributed by atoms with Crippen molar-refractivity contribution in [2.45, 2.75) is 0 Å². The summed E-state index contributed by atoms with van der Waals surface area (Å²) in [6.45, 7) is 0. The smallest absolute Gasteiger partial charge is 0.143 e. The van der Waals surface area contributed by atoms with Crippen molar-refractivity contribution in [2.24, 2.45) is 0 Å². The molecule has 0 bridgehead atoms. The highest BCUT2D eigenvalue weighted by molar-refractivity contribution is 6.22. The highest BCUT2D eigenvalue weighted by atomic mass is 16.3. The van der Waals surface area contributed by atoms with Crippen LogP contribution >= 0.6 is 0 Å². The largest absolute Gasteiger partial charge is 0.455 e.